The maximum Gasteiger partial charge on any atom is 0.0588 e. The average molecular weight is 334 g/mol. The van der Waals surface area contributed by atoms with Crippen molar-refractivity contribution < 1.29 is 5.11 Å². The van der Waals surface area contributed by atoms with Crippen LogP contribution >= 0.6 is 0 Å². The number of H-pyrrole nitrogens is 1. The molecule has 25 heavy (non-hydrogen) atoms. The molecule has 2 aromatic carbocycles. The highest BCUT2D eigenvalue weighted by molar-refractivity contribution is 5.85. The fourth-order valence-electron chi connectivity index (χ4n) is 4.10. The SMILES string of the molecule is Cc1ccc2[nH]c3c(c2c1)CCCC3N[C@@H](CO)Cc1ccccc1. The Morgan fingerprint density at radius 1 is 1.20 bits per heavy atom. The summed E-state index contributed by atoms with van der Waals surface area (Å²) in [6.07, 6.45) is 4.29. The Hall–Kier alpha value is -2.10. The van der Waals surface area contributed by atoms with E-state index in [1.54, 1.807) is 0 Å². The van der Waals surface area contributed by atoms with Crippen molar-refractivity contribution in [3.8, 4) is 0 Å². The Morgan fingerprint density at radius 2 is 2.04 bits per heavy atom. The molecule has 0 radical (unpaired) electrons. The Labute approximate surface area is 149 Å². The van der Waals surface area contributed by atoms with E-state index < -0.39 is 0 Å². The molecule has 0 amide bonds. The van der Waals surface area contributed by atoms with Gasteiger partial charge in [0, 0.05) is 28.7 Å². The molecule has 1 unspecified atom stereocenters. The van der Waals surface area contributed by atoms with Gasteiger partial charge in [-0.15, -0.1) is 0 Å². The first kappa shape index (κ1) is 16.4. The van der Waals surface area contributed by atoms with Crippen molar-refractivity contribution in [2.24, 2.45) is 0 Å². The molecule has 0 saturated heterocycles. The van der Waals surface area contributed by atoms with Crippen molar-refractivity contribution in [2.45, 2.75) is 44.7 Å². The number of aliphatic hydroxyl groups excluding tert-OH is 1. The third kappa shape index (κ3) is 3.35. The van der Waals surface area contributed by atoms with Crippen molar-refractivity contribution in [1.29, 1.82) is 0 Å². The highest BCUT2D eigenvalue weighted by atomic mass is 16.3. The number of aromatic amines is 1. The molecule has 0 aliphatic heterocycles. The van der Waals surface area contributed by atoms with E-state index in [1.165, 1.54) is 39.7 Å². The number of aryl methyl sites for hydroxylation is 2. The van der Waals surface area contributed by atoms with Crippen LogP contribution in [0, 0.1) is 6.92 Å². The van der Waals surface area contributed by atoms with Gasteiger partial charge in [-0.1, -0.05) is 42.0 Å². The Morgan fingerprint density at radius 3 is 2.84 bits per heavy atom. The zero-order valence-electron chi connectivity index (χ0n) is 14.8. The second-order valence-electron chi connectivity index (χ2n) is 7.25. The Kier molecular flexibility index (Phi) is 4.60. The summed E-state index contributed by atoms with van der Waals surface area (Å²) < 4.78 is 0. The lowest BCUT2D eigenvalue weighted by molar-refractivity contribution is 0.225. The first-order chi connectivity index (χ1) is 12.2. The third-order valence-corrected chi connectivity index (χ3v) is 5.34. The monoisotopic (exact) mass is 334 g/mol. The number of hydrogen-bond donors (Lipinski definition) is 3. The predicted octanol–water partition coefficient (Wildman–Crippen LogP) is 4.05. The van der Waals surface area contributed by atoms with E-state index >= 15 is 0 Å². The van der Waals surface area contributed by atoms with E-state index in [4.69, 9.17) is 0 Å². The highest BCUT2D eigenvalue weighted by Gasteiger charge is 2.26. The van der Waals surface area contributed by atoms with Gasteiger partial charge in [-0.3, -0.25) is 0 Å². The average Bonchev–Trinajstić information content (AvgIpc) is 3.01. The molecule has 2 atom stereocenters. The molecule has 0 fully saturated rings. The normalized spacial score (nSPS) is 18.2. The molecule has 1 aromatic heterocycles. The molecule has 1 aliphatic rings. The van der Waals surface area contributed by atoms with Gasteiger partial charge < -0.3 is 15.4 Å². The minimum absolute atomic E-state index is 0.0755. The summed E-state index contributed by atoms with van der Waals surface area (Å²) in [6.45, 7) is 2.30. The van der Waals surface area contributed by atoms with Crippen molar-refractivity contribution in [3.63, 3.8) is 0 Å². The molecule has 0 saturated carbocycles. The Balaban J connectivity index is 1.58. The molecule has 4 rings (SSSR count). The van der Waals surface area contributed by atoms with E-state index in [1.807, 2.05) is 6.07 Å². The zero-order chi connectivity index (χ0) is 17.2. The molecule has 0 spiro atoms. The van der Waals surface area contributed by atoms with E-state index in [0.717, 1.165) is 19.3 Å². The maximum absolute atomic E-state index is 9.87. The van der Waals surface area contributed by atoms with E-state index in [2.05, 4.69) is 59.7 Å². The molecule has 3 heteroatoms. The van der Waals surface area contributed by atoms with E-state index in [0.29, 0.717) is 0 Å². The fourth-order valence-corrected chi connectivity index (χ4v) is 4.10. The van der Waals surface area contributed by atoms with Gasteiger partial charge in [0.2, 0.25) is 0 Å². The van der Waals surface area contributed by atoms with Crippen LogP contribution in [0.1, 0.15) is 41.3 Å². The summed E-state index contributed by atoms with van der Waals surface area (Å²) >= 11 is 0. The van der Waals surface area contributed by atoms with Crippen molar-refractivity contribution in [1.82, 2.24) is 10.3 Å². The maximum atomic E-state index is 9.87. The molecule has 130 valence electrons. The summed E-state index contributed by atoms with van der Waals surface area (Å²) in [7, 11) is 0. The molecule has 0 bridgehead atoms. The number of rotatable bonds is 5. The molecular weight excluding hydrogens is 308 g/mol. The van der Waals surface area contributed by atoms with Gasteiger partial charge in [-0.25, -0.2) is 0 Å². The van der Waals surface area contributed by atoms with Gasteiger partial charge in [0.25, 0.3) is 0 Å². The molecular formula is C22H26N2O. The molecule has 3 aromatic rings. The van der Waals surface area contributed by atoms with Gasteiger partial charge in [-0.05, 0) is 55.9 Å². The highest BCUT2D eigenvalue weighted by Crippen LogP contribution is 2.35. The second kappa shape index (κ2) is 7.03. The molecule has 1 aliphatic carbocycles. The van der Waals surface area contributed by atoms with E-state index in [9.17, 15) is 5.11 Å². The first-order valence-electron chi connectivity index (χ1n) is 9.26. The van der Waals surface area contributed by atoms with Gasteiger partial charge in [-0.2, -0.15) is 0 Å². The van der Waals surface area contributed by atoms with Crippen LogP contribution in [0.15, 0.2) is 48.5 Å². The second-order valence-corrected chi connectivity index (χ2v) is 7.25. The summed E-state index contributed by atoms with van der Waals surface area (Å²) in [5.74, 6) is 0. The predicted molar refractivity (Wildman–Crippen MR) is 103 cm³/mol. The van der Waals surface area contributed by atoms with Crippen LogP contribution in [-0.2, 0) is 12.8 Å². The number of benzene rings is 2. The van der Waals surface area contributed by atoms with Crippen LogP contribution in [0.3, 0.4) is 0 Å². The van der Waals surface area contributed by atoms with Crippen LogP contribution < -0.4 is 5.32 Å². The van der Waals surface area contributed by atoms with Crippen LogP contribution in [0.5, 0.6) is 0 Å². The number of aromatic nitrogens is 1. The standard InChI is InChI=1S/C22H26N2O/c1-15-10-11-20-19(12-15)18-8-5-9-21(22(18)24-20)23-17(14-25)13-16-6-3-2-4-7-16/h2-4,6-7,10-12,17,21,23-25H,5,8-9,13-14H2,1H3/t17-,21?/m1/s1. The van der Waals surface area contributed by atoms with Crippen molar-refractivity contribution in [3.05, 3.63) is 70.9 Å². The Bertz CT molecular complexity index is 853. The number of nitrogens with one attached hydrogen (secondary N) is 2. The molecule has 1 heterocycles. The summed E-state index contributed by atoms with van der Waals surface area (Å²) in [5.41, 5.74) is 6.57. The lowest BCUT2D eigenvalue weighted by Gasteiger charge is -2.28. The topological polar surface area (TPSA) is 48.0 Å². The molecule has 3 N–H and O–H groups in total. The fraction of sp³-hybridized carbons (Fsp3) is 0.364. The van der Waals surface area contributed by atoms with Crippen LogP contribution in [0.25, 0.3) is 10.9 Å². The quantitative estimate of drug-likeness (QED) is 0.659. The van der Waals surface area contributed by atoms with Crippen LogP contribution in [-0.4, -0.2) is 22.7 Å². The minimum Gasteiger partial charge on any atom is -0.395 e. The first-order valence-corrected chi connectivity index (χ1v) is 9.26. The van der Waals surface area contributed by atoms with Crippen molar-refractivity contribution >= 4 is 10.9 Å². The van der Waals surface area contributed by atoms with Crippen LogP contribution in [0.2, 0.25) is 0 Å². The number of aliphatic hydroxyl groups is 1. The zero-order valence-corrected chi connectivity index (χ0v) is 14.8. The summed E-state index contributed by atoms with van der Waals surface area (Å²) in [4.78, 5) is 3.64. The third-order valence-electron chi connectivity index (χ3n) is 5.34. The minimum atomic E-state index is 0.0755. The lowest BCUT2D eigenvalue weighted by Crippen LogP contribution is -2.38. The summed E-state index contributed by atoms with van der Waals surface area (Å²) in [5, 5.41) is 14.9. The lowest BCUT2D eigenvalue weighted by atomic mass is 9.90. The van der Waals surface area contributed by atoms with Gasteiger partial charge in [0.05, 0.1) is 6.61 Å². The summed E-state index contributed by atoms with van der Waals surface area (Å²) in [6, 6.07) is 17.4. The number of hydrogen-bond acceptors (Lipinski definition) is 2. The van der Waals surface area contributed by atoms with Gasteiger partial charge >= 0.3 is 0 Å². The van der Waals surface area contributed by atoms with Gasteiger partial charge in [0.15, 0.2) is 0 Å². The smallest absolute Gasteiger partial charge is 0.0588 e. The van der Waals surface area contributed by atoms with Crippen LogP contribution in [0.4, 0.5) is 0 Å². The number of fused-ring (bicyclic) bond motifs is 3. The molecule has 3 nitrogen and oxygen atoms in total. The largest absolute Gasteiger partial charge is 0.395 e. The van der Waals surface area contributed by atoms with Gasteiger partial charge in [0.1, 0.15) is 0 Å². The van der Waals surface area contributed by atoms with Crippen molar-refractivity contribution in [2.75, 3.05) is 6.61 Å². The van der Waals surface area contributed by atoms with E-state index in [-0.39, 0.29) is 18.7 Å².